The summed E-state index contributed by atoms with van der Waals surface area (Å²) in [6, 6.07) is 8.20. The smallest absolute Gasteiger partial charge is 0.478 e. The minimum atomic E-state index is -4.86. The van der Waals surface area contributed by atoms with Crippen LogP contribution < -0.4 is 9.47 Å². The first-order valence-electron chi connectivity index (χ1n) is 10.8. The fourth-order valence-electron chi connectivity index (χ4n) is 4.32. The Morgan fingerprint density at radius 3 is 2.30 bits per heavy atom. The van der Waals surface area contributed by atoms with E-state index in [1.54, 1.807) is 0 Å². The molecule has 192 valence electrons. The van der Waals surface area contributed by atoms with E-state index in [0.717, 1.165) is 24.3 Å². The Kier molecular flexibility index (Phi) is 5.46. The zero-order valence-electron chi connectivity index (χ0n) is 18.5. The lowest BCUT2D eigenvalue weighted by Crippen LogP contribution is -2.26. The van der Waals surface area contributed by atoms with Crippen LogP contribution in [-0.4, -0.2) is 28.1 Å². The molecule has 12 heteroatoms. The molecular weight excluding hydrogens is 508 g/mol. The molecule has 3 aromatic rings. The van der Waals surface area contributed by atoms with Crippen LogP contribution in [0.5, 0.6) is 11.5 Å². The van der Waals surface area contributed by atoms with Gasteiger partial charge in [-0.25, -0.2) is 9.18 Å². The van der Waals surface area contributed by atoms with Crippen molar-refractivity contribution in [1.29, 1.82) is 0 Å². The van der Waals surface area contributed by atoms with Crippen LogP contribution in [0.2, 0.25) is 0 Å². The Balaban J connectivity index is 1.46. The van der Waals surface area contributed by atoms with Crippen LogP contribution in [0.4, 0.5) is 26.3 Å². The number of carboxylic acid groups (broad SMARTS) is 1. The third kappa shape index (κ3) is 4.47. The van der Waals surface area contributed by atoms with Gasteiger partial charge >= 0.3 is 18.4 Å². The highest BCUT2D eigenvalue weighted by atomic mass is 19.4. The van der Waals surface area contributed by atoms with Gasteiger partial charge < -0.3 is 14.6 Å². The Morgan fingerprint density at radius 1 is 0.973 bits per heavy atom. The summed E-state index contributed by atoms with van der Waals surface area (Å²) in [6.45, 7) is 0. The van der Waals surface area contributed by atoms with Crippen molar-refractivity contribution in [2.24, 2.45) is 0 Å². The molecular formula is C25H15F6NO5. The second-order valence-electron chi connectivity index (χ2n) is 8.71. The molecule has 1 aliphatic heterocycles. The van der Waals surface area contributed by atoms with Crippen molar-refractivity contribution in [3.8, 4) is 22.8 Å². The van der Waals surface area contributed by atoms with Gasteiger partial charge in [-0.05, 0) is 54.8 Å². The summed E-state index contributed by atoms with van der Waals surface area (Å²) < 4.78 is 90.7. The van der Waals surface area contributed by atoms with Crippen LogP contribution >= 0.6 is 0 Å². The van der Waals surface area contributed by atoms with Crippen LogP contribution in [0.1, 0.15) is 40.0 Å². The zero-order chi connectivity index (χ0) is 26.8. The van der Waals surface area contributed by atoms with Crippen molar-refractivity contribution in [2.45, 2.75) is 37.1 Å². The molecule has 0 unspecified atom stereocenters. The predicted molar refractivity (Wildman–Crippen MR) is 114 cm³/mol. The van der Waals surface area contributed by atoms with Crippen LogP contribution in [0.25, 0.3) is 11.3 Å². The number of hydrogen-bond acceptors (Lipinski definition) is 5. The first-order chi connectivity index (χ1) is 17.3. The fourth-order valence-corrected chi connectivity index (χ4v) is 4.32. The van der Waals surface area contributed by atoms with Crippen LogP contribution in [0.3, 0.4) is 0 Å². The fraction of sp³-hybridized carbons (Fsp3) is 0.240. The van der Waals surface area contributed by atoms with E-state index in [0.29, 0.717) is 24.5 Å². The van der Waals surface area contributed by atoms with Crippen molar-refractivity contribution in [3.63, 3.8) is 0 Å². The van der Waals surface area contributed by atoms with E-state index < -0.39 is 52.3 Å². The molecule has 0 spiro atoms. The van der Waals surface area contributed by atoms with Gasteiger partial charge in [0.2, 0.25) is 0 Å². The van der Waals surface area contributed by atoms with E-state index in [1.165, 1.54) is 18.2 Å². The lowest BCUT2D eigenvalue weighted by atomic mass is 9.88. The number of ketones is 1. The predicted octanol–water partition coefficient (Wildman–Crippen LogP) is 5.77. The van der Waals surface area contributed by atoms with Crippen molar-refractivity contribution in [3.05, 3.63) is 76.7 Å². The van der Waals surface area contributed by atoms with Crippen molar-refractivity contribution < 1.29 is 50.5 Å². The van der Waals surface area contributed by atoms with Crippen LogP contribution in [0.15, 0.2) is 48.5 Å². The number of aromatic nitrogens is 1. The van der Waals surface area contributed by atoms with Crippen LogP contribution in [-0.2, 0) is 22.8 Å². The van der Waals surface area contributed by atoms with Gasteiger partial charge in [0.05, 0.1) is 22.2 Å². The van der Waals surface area contributed by atoms with Crippen molar-refractivity contribution in [2.75, 3.05) is 0 Å². The summed E-state index contributed by atoms with van der Waals surface area (Å²) in [4.78, 5) is 28.3. The minimum Gasteiger partial charge on any atom is -0.478 e. The second-order valence-corrected chi connectivity index (χ2v) is 8.71. The number of carbonyl (C=O) groups is 2. The van der Waals surface area contributed by atoms with Gasteiger partial charge in [-0.1, -0.05) is 12.1 Å². The maximum Gasteiger partial charge on any atom is 0.586 e. The molecule has 0 atom stereocenters. The number of fused-ring (bicyclic) bond motifs is 1. The average Bonchev–Trinajstić information content (AvgIpc) is 3.55. The number of alkyl halides is 5. The van der Waals surface area contributed by atoms with Gasteiger partial charge in [0.25, 0.3) is 0 Å². The summed E-state index contributed by atoms with van der Waals surface area (Å²) in [5, 5.41) is 8.98. The van der Waals surface area contributed by atoms with Gasteiger partial charge in [0.1, 0.15) is 11.6 Å². The van der Waals surface area contributed by atoms with Gasteiger partial charge in [0.15, 0.2) is 11.5 Å². The van der Waals surface area contributed by atoms with Crippen molar-refractivity contribution >= 4 is 11.8 Å². The van der Waals surface area contributed by atoms with E-state index in [4.69, 9.17) is 5.11 Å². The molecule has 1 aromatic heterocycles. The third-order valence-corrected chi connectivity index (χ3v) is 6.31. The summed E-state index contributed by atoms with van der Waals surface area (Å²) in [6.07, 6.45) is -8.30. The Morgan fingerprint density at radius 2 is 1.68 bits per heavy atom. The minimum absolute atomic E-state index is 0.0331. The molecule has 1 saturated carbocycles. The number of carbonyl (C=O) groups excluding carboxylic acids is 1. The largest absolute Gasteiger partial charge is 0.586 e. The average molecular weight is 523 g/mol. The monoisotopic (exact) mass is 523 g/mol. The third-order valence-electron chi connectivity index (χ3n) is 6.31. The zero-order valence-corrected chi connectivity index (χ0v) is 18.5. The lowest BCUT2D eigenvalue weighted by Gasteiger charge is -2.17. The molecule has 0 amide bonds. The highest BCUT2D eigenvalue weighted by molar-refractivity contribution is 5.94. The highest BCUT2D eigenvalue weighted by Gasteiger charge is 2.52. The highest BCUT2D eigenvalue weighted by Crippen LogP contribution is 2.52. The van der Waals surface area contributed by atoms with Crippen LogP contribution in [0, 0.1) is 5.82 Å². The number of benzene rings is 2. The number of carboxylic acids is 1. The molecule has 0 saturated heterocycles. The maximum atomic E-state index is 14.2. The molecule has 1 aliphatic carbocycles. The van der Waals surface area contributed by atoms with Crippen molar-refractivity contribution in [1.82, 2.24) is 4.98 Å². The number of Topliss-reactive ketones (excluding diaryl/α,β-unsaturated/α-hetero) is 1. The first-order valence-corrected chi connectivity index (χ1v) is 10.8. The normalized spacial score (nSPS) is 16.9. The summed E-state index contributed by atoms with van der Waals surface area (Å²) in [5.41, 5.74) is -3.57. The summed E-state index contributed by atoms with van der Waals surface area (Å²) in [7, 11) is 0. The number of pyridine rings is 1. The van der Waals surface area contributed by atoms with E-state index in [1.807, 2.05) is 0 Å². The summed E-state index contributed by atoms with van der Waals surface area (Å²) >= 11 is 0. The van der Waals surface area contributed by atoms with Gasteiger partial charge in [-0.15, -0.1) is 8.78 Å². The number of aromatic carboxylic acids is 1. The topological polar surface area (TPSA) is 85.7 Å². The Hall–Kier alpha value is -4.09. The van der Waals surface area contributed by atoms with E-state index in [9.17, 15) is 35.9 Å². The summed E-state index contributed by atoms with van der Waals surface area (Å²) in [5.74, 6) is -3.65. The number of halogens is 6. The number of hydrogen-bond donors (Lipinski definition) is 1. The Labute approximate surface area is 204 Å². The molecule has 2 heterocycles. The number of rotatable bonds is 6. The molecule has 6 nitrogen and oxygen atoms in total. The number of nitrogens with zero attached hydrogens (tertiary/aromatic N) is 1. The van der Waals surface area contributed by atoms with Gasteiger partial charge in [-0.2, -0.15) is 13.2 Å². The molecule has 37 heavy (non-hydrogen) atoms. The van der Waals surface area contributed by atoms with E-state index in [2.05, 4.69) is 14.5 Å². The Bertz CT molecular complexity index is 1450. The molecule has 5 rings (SSSR count). The molecule has 2 aliphatic rings. The lowest BCUT2D eigenvalue weighted by molar-refractivity contribution is -0.286. The molecule has 0 bridgehead atoms. The standard InChI is InChI=1S/C25H15F6NO5/c26-17-9-12(1-4-15(17)22(34)35)21-16(24(27,28)29)5-3-14(32-21)11-20(33)23(7-8-23)13-2-6-18-19(10-13)37-25(30,31)36-18/h1-6,9-10H,7-8,11H2,(H,34,35). The molecule has 1 N–H and O–H groups in total. The number of ether oxygens (including phenoxy) is 2. The quantitative estimate of drug-likeness (QED) is 0.413. The molecule has 1 fully saturated rings. The van der Waals surface area contributed by atoms with E-state index in [-0.39, 0.29) is 29.2 Å². The van der Waals surface area contributed by atoms with Gasteiger partial charge in [-0.3, -0.25) is 9.78 Å². The maximum absolute atomic E-state index is 14.2. The molecule has 0 radical (unpaired) electrons. The second kappa shape index (κ2) is 8.22. The van der Waals surface area contributed by atoms with E-state index >= 15 is 0 Å². The first kappa shape index (κ1) is 24.6. The molecule has 2 aromatic carbocycles. The van der Waals surface area contributed by atoms with Gasteiger partial charge in [0, 0.05) is 17.7 Å². The SMILES string of the molecule is O=C(O)c1ccc(-c2nc(CC(=O)C3(c4ccc5c(c4)OC(F)(F)O5)CC3)ccc2C(F)(F)F)cc1F.